The number of rotatable bonds is 3. The van der Waals surface area contributed by atoms with E-state index in [0.717, 1.165) is 29.7 Å². The third-order valence-electron chi connectivity index (χ3n) is 4.22. The van der Waals surface area contributed by atoms with Gasteiger partial charge in [0.1, 0.15) is 5.69 Å². The first kappa shape index (κ1) is 12.1. The largest absolute Gasteiger partial charge is 0.367 e. The molecular weight excluding hydrogens is 262 g/mol. The molecule has 0 saturated heterocycles. The lowest BCUT2D eigenvalue weighted by Crippen LogP contribution is -2.10. The van der Waals surface area contributed by atoms with E-state index in [0.29, 0.717) is 5.88 Å². The zero-order chi connectivity index (χ0) is 14.3. The average molecular weight is 277 g/mol. The molecule has 0 radical (unpaired) electrons. The fraction of sp³-hybridized carbons (Fsp3) is 0.176. The van der Waals surface area contributed by atoms with Crippen LogP contribution in [0.25, 0.3) is 11.1 Å². The molecule has 0 unspecified atom stereocenters. The minimum Gasteiger partial charge on any atom is -0.367 e. The summed E-state index contributed by atoms with van der Waals surface area (Å²) in [4.78, 5) is 4.06. The van der Waals surface area contributed by atoms with Crippen molar-refractivity contribution < 1.29 is 4.52 Å². The topological polar surface area (TPSA) is 64.9 Å². The van der Waals surface area contributed by atoms with Gasteiger partial charge in [0.25, 0.3) is 0 Å². The summed E-state index contributed by atoms with van der Waals surface area (Å²) in [7, 11) is 0. The molecule has 2 aromatic heterocycles. The maximum absolute atomic E-state index is 6.03. The fourth-order valence-electron chi connectivity index (χ4n) is 2.97. The van der Waals surface area contributed by atoms with Crippen molar-refractivity contribution in [2.24, 2.45) is 0 Å². The molecule has 1 aliphatic carbocycles. The van der Waals surface area contributed by atoms with Gasteiger partial charge in [-0.3, -0.25) is 4.98 Å². The SMILES string of the molecule is Nc1onc(C2(c3ccccc3)CC2)c1-c1ccncc1. The van der Waals surface area contributed by atoms with Gasteiger partial charge in [-0.25, -0.2) is 0 Å². The van der Waals surface area contributed by atoms with Crippen molar-refractivity contribution in [1.82, 2.24) is 10.1 Å². The highest BCUT2D eigenvalue weighted by molar-refractivity contribution is 5.77. The zero-order valence-electron chi connectivity index (χ0n) is 11.5. The predicted molar refractivity (Wildman–Crippen MR) is 80.6 cm³/mol. The van der Waals surface area contributed by atoms with Gasteiger partial charge in [0.2, 0.25) is 5.88 Å². The Hall–Kier alpha value is -2.62. The highest BCUT2D eigenvalue weighted by atomic mass is 16.5. The molecule has 2 N–H and O–H groups in total. The highest BCUT2D eigenvalue weighted by Gasteiger charge is 2.50. The molecule has 0 aliphatic heterocycles. The number of pyridine rings is 1. The molecule has 104 valence electrons. The summed E-state index contributed by atoms with van der Waals surface area (Å²) in [5, 5.41) is 4.28. The van der Waals surface area contributed by atoms with Crippen LogP contribution in [0.1, 0.15) is 24.1 Å². The quantitative estimate of drug-likeness (QED) is 0.797. The Morgan fingerprint density at radius 1 is 1.00 bits per heavy atom. The molecule has 4 nitrogen and oxygen atoms in total. The van der Waals surface area contributed by atoms with Crippen molar-refractivity contribution in [1.29, 1.82) is 0 Å². The van der Waals surface area contributed by atoms with Crippen LogP contribution in [0.2, 0.25) is 0 Å². The van der Waals surface area contributed by atoms with Crippen LogP contribution >= 0.6 is 0 Å². The number of aromatic nitrogens is 2. The van der Waals surface area contributed by atoms with Crippen molar-refractivity contribution in [3.63, 3.8) is 0 Å². The van der Waals surface area contributed by atoms with E-state index in [9.17, 15) is 0 Å². The Labute approximate surface area is 122 Å². The number of hydrogen-bond acceptors (Lipinski definition) is 4. The summed E-state index contributed by atoms with van der Waals surface area (Å²) in [5.74, 6) is 0.374. The minimum absolute atomic E-state index is 0.0546. The van der Waals surface area contributed by atoms with Crippen molar-refractivity contribution >= 4 is 5.88 Å². The highest BCUT2D eigenvalue weighted by Crippen LogP contribution is 2.56. The van der Waals surface area contributed by atoms with E-state index >= 15 is 0 Å². The number of nitrogens with zero attached hydrogens (tertiary/aromatic N) is 2. The van der Waals surface area contributed by atoms with E-state index in [2.05, 4.69) is 34.4 Å². The predicted octanol–water partition coefficient (Wildman–Crippen LogP) is 3.40. The Morgan fingerprint density at radius 2 is 1.71 bits per heavy atom. The van der Waals surface area contributed by atoms with Crippen LogP contribution in [0.5, 0.6) is 0 Å². The van der Waals surface area contributed by atoms with Crippen LogP contribution in [0, 0.1) is 0 Å². The van der Waals surface area contributed by atoms with Crippen molar-refractivity contribution in [2.75, 3.05) is 5.73 Å². The molecular formula is C17H15N3O. The van der Waals surface area contributed by atoms with Gasteiger partial charge in [-0.1, -0.05) is 35.5 Å². The van der Waals surface area contributed by atoms with E-state index in [-0.39, 0.29) is 5.41 Å². The van der Waals surface area contributed by atoms with Crippen molar-refractivity contribution in [2.45, 2.75) is 18.3 Å². The maximum atomic E-state index is 6.03. The molecule has 3 aromatic rings. The molecule has 0 atom stereocenters. The molecule has 0 amide bonds. The number of hydrogen-bond donors (Lipinski definition) is 1. The number of benzene rings is 1. The summed E-state index contributed by atoms with van der Waals surface area (Å²) in [6.07, 6.45) is 5.66. The van der Waals surface area contributed by atoms with Crippen LogP contribution in [-0.4, -0.2) is 10.1 Å². The van der Waals surface area contributed by atoms with Gasteiger partial charge in [0.15, 0.2) is 0 Å². The van der Waals surface area contributed by atoms with Gasteiger partial charge < -0.3 is 10.3 Å². The van der Waals surface area contributed by atoms with Crippen molar-refractivity contribution in [3.8, 4) is 11.1 Å². The minimum atomic E-state index is -0.0546. The van der Waals surface area contributed by atoms with Gasteiger partial charge >= 0.3 is 0 Å². The number of nitrogen functional groups attached to an aromatic ring is 1. The average Bonchev–Trinajstić information content (AvgIpc) is 3.26. The zero-order valence-corrected chi connectivity index (χ0v) is 11.5. The number of nitrogens with two attached hydrogens (primary N) is 1. The molecule has 1 saturated carbocycles. The lowest BCUT2D eigenvalue weighted by Gasteiger charge is -2.14. The van der Waals surface area contributed by atoms with E-state index in [1.54, 1.807) is 12.4 Å². The molecule has 1 aliphatic rings. The molecule has 1 fully saturated rings. The summed E-state index contributed by atoms with van der Waals surface area (Å²) in [5.41, 5.74) is 10.1. The Balaban J connectivity index is 1.88. The van der Waals surface area contributed by atoms with E-state index in [1.807, 2.05) is 18.2 Å². The van der Waals surface area contributed by atoms with Crippen LogP contribution in [0.3, 0.4) is 0 Å². The summed E-state index contributed by atoms with van der Waals surface area (Å²) >= 11 is 0. The van der Waals surface area contributed by atoms with Gasteiger partial charge in [-0.05, 0) is 36.1 Å². The van der Waals surface area contributed by atoms with Gasteiger partial charge in [0.05, 0.1) is 5.56 Å². The second kappa shape index (κ2) is 4.45. The second-order valence-corrected chi connectivity index (χ2v) is 5.45. The second-order valence-electron chi connectivity index (χ2n) is 5.45. The molecule has 0 bridgehead atoms. The van der Waals surface area contributed by atoms with E-state index in [1.165, 1.54) is 5.56 Å². The standard InChI is InChI=1S/C17H15N3O/c18-16-14(12-6-10-19-11-7-12)15(20-21-16)17(8-9-17)13-4-2-1-3-5-13/h1-7,10-11H,8-9,18H2. The van der Waals surface area contributed by atoms with E-state index < -0.39 is 0 Å². The first-order valence-electron chi connectivity index (χ1n) is 7.03. The lowest BCUT2D eigenvalue weighted by atomic mass is 9.88. The first-order chi connectivity index (χ1) is 10.3. The number of anilines is 1. The van der Waals surface area contributed by atoms with Crippen LogP contribution in [-0.2, 0) is 5.41 Å². The Bertz CT molecular complexity index is 761. The monoisotopic (exact) mass is 277 g/mol. The molecule has 4 rings (SSSR count). The first-order valence-corrected chi connectivity index (χ1v) is 7.03. The van der Waals surface area contributed by atoms with Crippen LogP contribution in [0.15, 0.2) is 59.4 Å². The molecule has 0 spiro atoms. The summed E-state index contributed by atoms with van der Waals surface area (Å²) < 4.78 is 5.31. The Morgan fingerprint density at radius 3 is 2.38 bits per heavy atom. The maximum Gasteiger partial charge on any atom is 0.230 e. The van der Waals surface area contributed by atoms with Gasteiger partial charge in [-0.15, -0.1) is 0 Å². The third-order valence-corrected chi connectivity index (χ3v) is 4.22. The molecule has 4 heteroatoms. The van der Waals surface area contributed by atoms with Gasteiger partial charge in [-0.2, -0.15) is 0 Å². The molecule has 21 heavy (non-hydrogen) atoms. The summed E-state index contributed by atoms with van der Waals surface area (Å²) in [6, 6.07) is 14.3. The third kappa shape index (κ3) is 1.83. The fourth-order valence-corrected chi connectivity index (χ4v) is 2.97. The lowest BCUT2D eigenvalue weighted by molar-refractivity contribution is 0.422. The molecule has 1 aromatic carbocycles. The Kier molecular flexibility index (Phi) is 2.57. The molecule has 2 heterocycles. The smallest absolute Gasteiger partial charge is 0.230 e. The van der Waals surface area contributed by atoms with Crippen molar-refractivity contribution in [3.05, 3.63) is 66.1 Å². The van der Waals surface area contributed by atoms with Gasteiger partial charge in [0, 0.05) is 17.8 Å². The normalized spacial score (nSPS) is 15.8. The summed E-state index contributed by atoms with van der Waals surface area (Å²) in [6.45, 7) is 0. The van der Waals surface area contributed by atoms with Crippen LogP contribution < -0.4 is 5.73 Å². The van der Waals surface area contributed by atoms with Crippen LogP contribution in [0.4, 0.5) is 5.88 Å². The van der Waals surface area contributed by atoms with E-state index in [4.69, 9.17) is 10.3 Å².